The summed E-state index contributed by atoms with van der Waals surface area (Å²) in [5.74, 6) is 1.80. The molecule has 2 aromatic heterocycles. The van der Waals surface area contributed by atoms with Crippen molar-refractivity contribution in [2.75, 3.05) is 0 Å². The van der Waals surface area contributed by atoms with Gasteiger partial charge < -0.3 is 0 Å². The first-order chi connectivity index (χ1) is 32.9. The summed E-state index contributed by atoms with van der Waals surface area (Å²) < 4.78 is 2.36. The Morgan fingerprint density at radius 2 is 0.910 bits per heavy atom. The molecule has 0 fully saturated rings. The van der Waals surface area contributed by atoms with Gasteiger partial charge in [0.2, 0.25) is 5.95 Å². The Hall–Kier alpha value is -8.21. The van der Waals surface area contributed by atoms with Crippen LogP contribution in [0.5, 0.6) is 0 Å². The van der Waals surface area contributed by atoms with Crippen LogP contribution in [0.25, 0.3) is 116 Å². The van der Waals surface area contributed by atoms with Crippen molar-refractivity contribution in [3.05, 3.63) is 217 Å². The third-order valence-electron chi connectivity index (χ3n) is 13.6. The number of benzene rings is 10. The van der Waals surface area contributed by atoms with Crippen LogP contribution in [-0.2, 0) is 5.41 Å². The van der Waals surface area contributed by atoms with Crippen molar-refractivity contribution in [1.29, 1.82) is 0 Å². The number of hydrogen-bond acceptors (Lipinski definition) is 3. The van der Waals surface area contributed by atoms with Gasteiger partial charge in [-0.05, 0) is 71.9 Å². The number of fused-ring (bicyclic) bond motifs is 12. The van der Waals surface area contributed by atoms with Gasteiger partial charge in [0, 0.05) is 38.3 Å². The van der Waals surface area contributed by atoms with E-state index in [1.165, 1.54) is 61.2 Å². The third kappa shape index (κ3) is 6.47. The summed E-state index contributed by atoms with van der Waals surface area (Å²) in [5, 5.41) is 9.38. The molecule has 4 nitrogen and oxygen atoms in total. The summed E-state index contributed by atoms with van der Waals surface area (Å²) in [7, 11) is 0. The van der Waals surface area contributed by atoms with Crippen molar-refractivity contribution in [3.8, 4) is 62.1 Å². The quantitative estimate of drug-likeness (QED) is 0.162. The molecule has 0 spiro atoms. The highest BCUT2D eigenvalue weighted by molar-refractivity contribution is 6.33. The Bertz CT molecular complexity index is 3880. The third-order valence-corrected chi connectivity index (χ3v) is 13.6. The minimum atomic E-state index is -0.150. The van der Waals surface area contributed by atoms with Crippen LogP contribution in [0.1, 0.15) is 45.2 Å². The van der Waals surface area contributed by atoms with Crippen molar-refractivity contribution < 1.29 is 0 Å². The highest BCUT2D eigenvalue weighted by atomic mass is 15.2. The predicted molar refractivity (Wildman–Crippen MR) is 282 cm³/mol. The zero-order valence-corrected chi connectivity index (χ0v) is 38.1. The van der Waals surface area contributed by atoms with Crippen LogP contribution in [0, 0.1) is 0 Å². The lowest BCUT2D eigenvalue weighted by Crippen LogP contribution is -2.14. The average molecular weight is 861 g/mol. The molecule has 1 aliphatic carbocycles. The molecule has 12 aromatic rings. The molecular weight excluding hydrogens is 813 g/mol. The lowest BCUT2D eigenvalue weighted by molar-refractivity contribution is 0.660. The molecule has 0 radical (unpaired) electrons. The van der Waals surface area contributed by atoms with Gasteiger partial charge in [-0.2, -0.15) is 9.97 Å². The molecule has 0 bridgehead atoms. The van der Waals surface area contributed by atoms with Gasteiger partial charge in [-0.3, -0.25) is 4.57 Å². The lowest BCUT2D eigenvalue weighted by atomic mass is 9.82. The first-order valence-corrected chi connectivity index (χ1v) is 23.4. The van der Waals surface area contributed by atoms with E-state index in [-0.39, 0.29) is 5.41 Å². The normalized spacial score (nSPS) is 12.7. The van der Waals surface area contributed by atoms with Gasteiger partial charge in [0.25, 0.3) is 0 Å². The van der Waals surface area contributed by atoms with E-state index in [1.807, 2.05) is 0 Å². The Kier molecular flexibility index (Phi) is 9.65. The Labute approximate surface area is 390 Å². The minimum absolute atomic E-state index is 0.150. The lowest BCUT2D eigenvalue weighted by Gasteiger charge is -2.21. The standard InChI is InChI=1S/C60H40N4.C3H8/c1-60(2)51-28-13-12-24-49(51)53-46(25-15-29-52(53)60)48-26-14-27-50-54-45-22-10-8-20-43(45)44-21-9-11-23-47(44)56(54)64(55(48)50)59-62-57(40-33-30-39(31-34-40)37-16-4-3-5-17-37)61-58(63-59)42-35-32-38-18-6-7-19-41(38)36-42;1-3-2/h3-36H,1-2H3;3H2,1-2H3. The second-order valence-corrected chi connectivity index (χ2v) is 18.2. The van der Waals surface area contributed by atoms with Gasteiger partial charge in [-0.15, -0.1) is 0 Å². The van der Waals surface area contributed by atoms with Crippen molar-refractivity contribution in [3.63, 3.8) is 0 Å². The molecule has 1 aliphatic rings. The molecular formula is C63H48N4. The SMILES string of the molecule is CC1(C)c2ccccc2-c2c(-c3cccc4c5c6ccccc6c6ccccc6c5n(-c5nc(-c6ccc(-c7ccccc7)cc6)nc(-c6ccc7ccccc7c6)n5)c34)cccc21.CCC. The van der Waals surface area contributed by atoms with Crippen molar-refractivity contribution in [1.82, 2.24) is 19.5 Å². The van der Waals surface area contributed by atoms with Gasteiger partial charge in [0.1, 0.15) is 0 Å². The second-order valence-electron chi connectivity index (χ2n) is 18.2. The van der Waals surface area contributed by atoms with Gasteiger partial charge in [0.05, 0.1) is 11.0 Å². The van der Waals surface area contributed by atoms with Gasteiger partial charge in [0.15, 0.2) is 11.6 Å². The monoisotopic (exact) mass is 860 g/mol. The van der Waals surface area contributed by atoms with Crippen LogP contribution < -0.4 is 0 Å². The van der Waals surface area contributed by atoms with Crippen LogP contribution in [0.2, 0.25) is 0 Å². The molecule has 0 saturated carbocycles. The second kappa shape index (κ2) is 16.0. The summed E-state index contributed by atoms with van der Waals surface area (Å²) in [5.41, 5.74) is 13.7. The Balaban J connectivity index is 0.00000152. The number of aromatic nitrogens is 4. The summed E-state index contributed by atoms with van der Waals surface area (Å²) >= 11 is 0. The molecule has 0 unspecified atom stereocenters. The van der Waals surface area contributed by atoms with Crippen molar-refractivity contribution in [2.45, 2.75) is 39.5 Å². The highest BCUT2D eigenvalue weighted by Gasteiger charge is 2.37. The van der Waals surface area contributed by atoms with E-state index < -0.39 is 0 Å². The van der Waals surface area contributed by atoms with E-state index in [4.69, 9.17) is 15.0 Å². The maximum Gasteiger partial charge on any atom is 0.238 e. The minimum Gasteiger partial charge on any atom is -0.277 e. The van der Waals surface area contributed by atoms with Crippen LogP contribution in [-0.4, -0.2) is 19.5 Å². The zero-order valence-electron chi connectivity index (χ0n) is 38.1. The first-order valence-electron chi connectivity index (χ1n) is 23.4. The fourth-order valence-electron chi connectivity index (χ4n) is 10.6. The number of para-hydroxylation sites is 1. The van der Waals surface area contributed by atoms with Crippen LogP contribution >= 0.6 is 0 Å². The zero-order chi connectivity index (χ0) is 45.2. The van der Waals surface area contributed by atoms with E-state index in [1.54, 1.807) is 0 Å². The van der Waals surface area contributed by atoms with E-state index in [2.05, 4.69) is 239 Å². The maximum absolute atomic E-state index is 5.54. The van der Waals surface area contributed by atoms with E-state index in [0.717, 1.165) is 55.0 Å². The Morgan fingerprint density at radius 3 is 1.69 bits per heavy atom. The largest absolute Gasteiger partial charge is 0.277 e. The molecule has 13 rings (SSSR count). The molecule has 10 aromatic carbocycles. The number of nitrogens with zero attached hydrogens (tertiary/aromatic N) is 4. The van der Waals surface area contributed by atoms with Crippen LogP contribution in [0.15, 0.2) is 206 Å². The van der Waals surface area contributed by atoms with Gasteiger partial charge in [-0.1, -0.05) is 234 Å². The topological polar surface area (TPSA) is 43.6 Å². The fourth-order valence-corrected chi connectivity index (χ4v) is 10.6. The summed E-state index contributed by atoms with van der Waals surface area (Å²) in [6, 6.07) is 74.2. The van der Waals surface area contributed by atoms with Gasteiger partial charge in [-0.25, -0.2) is 4.98 Å². The molecule has 0 saturated heterocycles. The molecule has 0 aliphatic heterocycles. The fraction of sp³-hybridized carbons (Fsp3) is 0.0952. The average Bonchev–Trinajstić information content (AvgIpc) is 3.86. The van der Waals surface area contributed by atoms with Crippen molar-refractivity contribution in [2.24, 2.45) is 0 Å². The predicted octanol–water partition coefficient (Wildman–Crippen LogP) is 16.8. The van der Waals surface area contributed by atoms with Crippen molar-refractivity contribution >= 4 is 54.1 Å². The smallest absolute Gasteiger partial charge is 0.238 e. The molecule has 0 N–H and O–H groups in total. The first kappa shape index (κ1) is 40.3. The van der Waals surface area contributed by atoms with E-state index in [9.17, 15) is 0 Å². The summed E-state index contributed by atoms with van der Waals surface area (Å²) in [6.07, 6.45) is 1.25. The maximum atomic E-state index is 5.54. The molecule has 0 amide bonds. The number of hydrogen-bond donors (Lipinski definition) is 0. The molecule has 67 heavy (non-hydrogen) atoms. The van der Waals surface area contributed by atoms with E-state index >= 15 is 0 Å². The Morgan fingerprint density at radius 1 is 0.388 bits per heavy atom. The number of rotatable bonds is 5. The van der Waals surface area contributed by atoms with Crippen LogP contribution in [0.3, 0.4) is 0 Å². The van der Waals surface area contributed by atoms with E-state index in [0.29, 0.717) is 17.6 Å². The molecule has 0 atom stereocenters. The molecule has 2 heterocycles. The van der Waals surface area contributed by atoms with Crippen LogP contribution in [0.4, 0.5) is 0 Å². The molecule has 320 valence electrons. The summed E-state index contributed by atoms with van der Waals surface area (Å²) in [4.78, 5) is 16.4. The van der Waals surface area contributed by atoms with Gasteiger partial charge >= 0.3 is 0 Å². The molecule has 4 heteroatoms. The highest BCUT2D eigenvalue weighted by Crippen LogP contribution is 2.54. The summed E-state index contributed by atoms with van der Waals surface area (Å²) in [6.45, 7) is 8.95.